The van der Waals surface area contributed by atoms with Crippen molar-refractivity contribution in [1.29, 1.82) is 0 Å². The van der Waals surface area contributed by atoms with Crippen molar-refractivity contribution >= 4 is 5.91 Å². The maximum atomic E-state index is 12.8. The maximum absolute atomic E-state index is 12.8. The van der Waals surface area contributed by atoms with E-state index in [-0.39, 0.29) is 17.4 Å². The smallest absolute Gasteiger partial charge is 0.273 e. The van der Waals surface area contributed by atoms with E-state index in [0.29, 0.717) is 11.6 Å². The van der Waals surface area contributed by atoms with Gasteiger partial charge in [0.1, 0.15) is 5.76 Å². The Hall–Kier alpha value is -2.89. The van der Waals surface area contributed by atoms with Crippen molar-refractivity contribution in [3.63, 3.8) is 0 Å². The van der Waals surface area contributed by atoms with Crippen LogP contribution < -0.4 is 5.32 Å². The number of hydrogen-bond donors (Lipinski definition) is 1. The SMILES string of the molecule is CC1(C)Cc2c(cnn2Cc2ccccc2)C(NC(=O)c2cc(C3CC3)on2)C1. The van der Waals surface area contributed by atoms with Gasteiger partial charge in [-0.1, -0.05) is 49.3 Å². The molecule has 1 N–H and O–H groups in total. The number of carbonyl (C=O) groups excluding carboxylic acids is 1. The van der Waals surface area contributed by atoms with Crippen LogP contribution in [-0.2, 0) is 13.0 Å². The fraction of sp³-hybridized carbons (Fsp3) is 0.435. The summed E-state index contributed by atoms with van der Waals surface area (Å²) in [6, 6.07) is 12.1. The van der Waals surface area contributed by atoms with Gasteiger partial charge in [-0.3, -0.25) is 9.48 Å². The largest absolute Gasteiger partial charge is 0.360 e. The Bertz CT molecular complexity index is 1030. The number of fused-ring (bicyclic) bond motifs is 1. The minimum absolute atomic E-state index is 0.0718. The van der Waals surface area contributed by atoms with E-state index in [2.05, 4.69) is 46.2 Å². The van der Waals surface area contributed by atoms with Gasteiger partial charge in [0, 0.05) is 23.2 Å². The van der Waals surface area contributed by atoms with Gasteiger partial charge in [0.05, 0.1) is 18.8 Å². The van der Waals surface area contributed by atoms with Crippen LogP contribution in [0.15, 0.2) is 47.1 Å². The highest BCUT2D eigenvalue weighted by molar-refractivity contribution is 5.92. The predicted octanol–water partition coefficient (Wildman–Crippen LogP) is 4.24. The maximum Gasteiger partial charge on any atom is 0.273 e. The van der Waals surface area contributed by atoms with Crippen LogP contribution in [0.3, 0.4) is 0 Å². The summed E-state index contributed by atoms with van der Waals surface area (Å²) in [6.07, 6.45) is 5.97. The molecule has 2 aliphatic carbocycles. The summed E-state index contributed by atoms with van der Waals surface area (Å²) in [4.78, 5) is 12.8. The molecular formula is C23H26N4O2. The third-order valence-corrected chi connectivity index (χ3v) is 5.98. The van der Waals surface area contributed by atoms with E-state index in [1.165, 1.54) is 11.3 Å². The number of carbonyl (C=O) groups is 1. The van der Waals surface area contributed by atoms with E-state index in [9.17, 15) is 4.79 Å². The van der Waals surface area contributed by atoms with Crippen molar-refractivity contribution in [3.05, 3.63) is 70.9 Å². The summed E-state index contributed by atoms with van der Waals surface area (Å²) in [5.41, 5.74) is 3.97. The van der Waals surface area contributed by atoms with E-state index in [0.717, 1.165) is 43.6 Å². The second-order valence-corrected chi connectivity index (χ2v) is 9.15. The lowest BCUT2D eigenvalue weighted by atomic mass is 9.74. The Morgan fingerprint density at radius 1 is 1.28 bits per heavy atom. The Kier molecular flexibility index (Phi) is 4.30. The monoisotopic (exact) mass is 390 g/mol. The molecule has 1 aromatic carbocycles. The highest BCUT2D eigenvalue weighted by atomic mass is 16.5. The van der Waals surface area contributed by atoms with Crippen molar-refractivity contribution in [2.75, 3.05) is 0 Å². The number of aromatic nitrogens is 3. The van der Waals surface area contributed by atoms with Gasteiger partial charge in [-0.25, -0.2) is 0 Å². The Balaban J connectivity index is 1.39. The molecule has 29 heavy (non-hydrogen) atoms. The minimum Gasteiger partial charge on any atom is -0.360 e. The summed E-state index contributed by atoms with van der Waals surface area (Å²) in [5.74, 6) is 1.10. The molecular weight excluding hydrogens is 364 g/mol. The fourth-order valence-corrected chi connectivity index (χ4v) is 4.31. The number of nitrogens with zero attached hydrogens (tertiary/aromatic N) is 3. The molecule has 0 radical (unpaired) electrons. The van der Waals surface area contributed by atoms with Crippen molar-refractivity contribution in [2.45, 2.75) is 58.0 Å². The molecule has 1 atom stereocenters. The first kappa shape index (κ1) is 18.2. The van der Waals surface area contributed by atoms with Gasteiger partial charge in [0.15, 0.2) is 5.69 Å². The van der Waals surface area contributed by atoms with Crippen LogP contribution in [0, 0.1) is 5.41 Å². The van der Waals surface area contributed by atoms with Crippen LogP contribution in [0.1, 0.15) is 78.1 Å². The summed E-state index contributed by atoms with van der Waals surface area (Å²) in [7, 11) is 0. The molecule has 0 aliphatic heterocycles. The quantitative estimate of drug-likeness (QED) is 0.707. The van der Waals surface area contributed by atoms with Gasteiger partial charge in [-0.2, -0.15) is 5.10 Å². The lowest BCUT2D eigenvalue weighted by molar-refractivity contribution is 0.0909. The standard InChI is InChI=1S/C23H26N4O2/c1-23(2)11-19(25-22(28)18-10-21(29-26-18)16-8-9-16)17-13-24-27(20(17)12-23)14-15-6-4-3-5-7-15/h3-7,10,13,16,19H,8-9,11-12,14H2,1-2H3,(H,25,28). The van der Waals surface area contributed by atoms with Gasteiger partial charge >= 0.3 is 0 Å². The van der Waals surface area contributed by atoms with E-state index < -0.39 is 0 Å². The summed E-state index contributed by atoms with van der Waals surface area (Å²) < 4.78 is 7.43. The lowest BCUT2D eigenvalue weighted by Crippen LogP contribution is -2.37. The molecule has 1 saturated carbocycles. The van der Waals surface area contributed by atoms with Crippen LogP contribution in [0.4, 0.5) is 0 Å². The van der Waals surface area contributed by atoms with E-state index >= 15 is 0 Å². The molecule has 5 rings (SSSR count). The van der Waals surface area contributed by atoms with E-state index in [4.69, 9.17) is 4.52 Å². The summed E-state index contributed by atoms with van der Waals surface area (Å²) in [6.45, 7) is 5.23. The highest BCUT2D eigenvalue weighted by Crippen LogP contribution is 2.42. The Labute approximate surface area is 170 Å². The predicted molar refractivity (Wildman–Crippen MR) is 109 cm³/mol. The first-order chi connectivity index (χ1) is 14.0. The molecule has 1 amide bonds. The zero-order valence-electron chi connectivity index (χ0n) is 16.9. The highest BCUT2D eigenvalue weighted by Gasteiger charge is 2.36. The van der Waals surface area contributed by atoms with Crippen molar-refractivity contribution in [1.82, 2.24) is 20.3 Å². The second-order valence-electron chi connectivity index (χ2n) is 9.15. The minimum atomic E-state index is -0.176. The number of nitrogens with one attached hydrogen (secondary N) is 1. The van der Waals surface area contributed by atoms with Crippen LogP contribution in [0.5, 0.6) is 0 Å². The number of rotatable bonds is 5. The van der Waals surface area contributed by atoms with Crippen molar-refractivity contribution < 1.29 is 9.32 Å². The molecule has 0 bridgehead atoms. The molecule has 1 fully saturated rings. The van der Waals surface area contributed by atoms with Crippen LogP contribution in [0.25, 0.3) is 0 Å². The molecule has 0 spiro atoms. The normalized spacial score (nSPS) is 20.3. The average molecular weight is 390 g/mol. The molecule has 0 saturated heterocycles. The summed E-state index contributed by atoms with van der Waals surface area (Å²) >= 11 is 0. The van der Waals surface area contributed by atoms with Gasteiger partial charge in [-0.05, 0) is 36.7 Å². The van der Waals surface area contributed by atoms with E-state index in [1.807, 2.05) is 24.4 Å². The number of hydrogen-bond acceptors (Lipinski definition) is 4. The number of amides is 1. The number of benzene rings is 1. The van der Waals surface area contributed by atoms with Crippen molar-refractivity contribution in [3.8, 4) is 0 Å². The molecule has 2 aromatic heterocycles. The third kappa shape index (κ3) is 3.71. The van der Waals surface area contributed by atoms with E-state index in [1.54, 1.807) is 6.07 Å². The van der Waals surface area contributed by atoms with Gasteiger partial charge in [-0.15, -0.1) is 0 Å². The summed E-state index contributed by atoms with van der Waals surface area (Å²) in [5, 5.41) is 11.8. The van der Waals surface area contributed by atoms with Gasteiger partial charge in [0.2, 0.25) is 0 Å². The molecule has 1 unspecified atom stereocenters. The van der Waals surface area contributed by atoms with Gasteiger partial charge in [0.25, 0.3) is 5.91 Å². The topological polar surface area (TPSA) is 73.0 Å². The first-order valence-electron chi connectivity index (χ1n) is 10.3. The second kappa shape index (κ2) is 6.87. The molecule has 150 valence electrons. The first-order valence-corrected chi connectivity index (χ1v) is 10.3. The Morgan fingerprint density at radius 2 is 2.07 bits per heavy atom. The third-order valence-electron chi connectivity index (χ3n) is 5.98. The molecule has 3 aromatic rings. The average Bonchev–Trinajstić information content (AvgIpc) is 3.29. The van der Waals surface area contributed by atoms with Crippen LogP contribution in [-0.4, -0.2) is 20.8 Å². The Morgan fingerprint density at radius 3 is 2.83 bits per heavy atom. The molecule has 2 heterocycles. The molecule has 6 heteroatoms. The zero-order valence-corrected chi connectivity index (χ0v) is 16.9. The van der Waals surface area contributed by atoms with Gasteiger partial charge < -0.3 is 9.84 Å². The fourth-order valence-electron chi connectivity index (χ4n) is 4.31. The molecule has 6 nitrogen and oxygen atoms in total. The van der Waals surface area contributed by atoms with Crippen LogP contribution >= 0.6 is 0 Å². The lowest BCUT2D eigenvalue weighted by Gasteiger charge is -2.35. The van der Waals surface area contributed by atoms with Crippen LogP contribution in [0.2, 0.25) is 0 Å². The molecule has 2 aliphatic rings. The van der Waals surface area contributed by atoms with Crippen molar-refractivity contribution in [2.24, 2.45) is 5.41 Å². The zero-order chi connectivity index (χ0) is 20.0.